The molecule has 4 aliphatic heterocycles. The van der Waals surface area contributed by atoms with Crippen LogP contribution in [-0.2, 0) is 56.0 Å². The van der Waals surface area contributed by atoms with Crippen molar-refractivity contribution in [2.75, 3.05) is 50.1 Å². The van der Waals surface area contributed by atoms with Crippen molar-refractivity contribution < 1.29 is 18.7 Å². The highest BCUT2D eigenvalue weighted by molar-refractivity contribution is 5.92. The summed E-state index contributed by atoms with van der Waals surface area (Å²) in [6, 6.07) is 31.9. The van der Waals surface area contributed by atoms with Crippen LogP contribution in [0, 0.1) is 11.3 Å². The summed E-state index contributed by atoms with van der Waals surface area (Å²) in [4.78, 5) is 26.8. The maximum absolute atomic E-state index is 14.9. The number of aromatic nitrogens is 3. The number of carbonyl (C=O) groups excluding carboxylic acids is 1. The van der Waals surface area contributed by atoms with Crippen molar-refractivity contribution in [2.24, 2.45) is 0 Å². The Kier molecular flexibility index (Phi) is 10.7. The number of rotatable bonds is 10. The van der Waals surface area contributed by atoms with Crippen LogP contribution in [0.4, 0.5) is 15.8 Å². The van der Waals surface area contributed by atoms with Gasteiger partial charge in [-0.1, -0.05) is 66.7 Å². The van der Waals surface area contributed by atoms with Gasteiger partial charge in [0.2, 0.25) is 5.88 Å². The molecular weight excluding hydrogens is 780 g/mol. The monoisotopic (exact) mass is 834 g/mol. The highest BCUT2D eigenvalue weighted by atomic mass is 19.1. The topological polar surface area (TPSA) is 103 Å². The van der Waals surface area contributed by atoms with E-state index in [2.05, 4.69) is 87.5 Å². The lowest BCUT2D eigenvalue weighted by molar-refractivity contribution is -0.0855. The van der Waals surface area contributed by atoms with Crippen LogP contribution in [0.5, 0.6) is 5.88 Å². The molecule has 3 atom stereocenters. The molecular formula is C50H55FN8O3. The molecule has 2 fully saturated rings. The highest BCUT2D eigenvalue weighted by Crippen LogP contribution is 2.50. The van der Waals surface area contributed by atoms with E-state index in [0.29, 0.717) is 75.9 Å². The third-order valence-electron chi connectivity index (χ3n) is 14.0. The van der Waals surface area contributed by atoms with Gasteiger partial charge in [0.15, 0.2) is 5.69 Å². The van der Waals surface area contributed by atoms with Crippen molar-refractivity contribution in [3.8, 4) is 11.9 Å². The van der Waals surface area contributed by atoms with Crippen LogP contribution in [0.25, 0.3) is 0 Å². The summed E-state index contributed by atoms with van der Waals surface area (Å²) in [6.45, 7) is 5.38. The Hall–Kier alpha value is -5.77. The smallest absolute Gasteiger partial charge is 0.273 e. The number of anilines is 2. The fourth-order valence-electron chi connectivity index (χ4n) is 11.0. The van der Waals surface area contributed by atoms with Gasteiger partial charge in [-0.15, -0.1) is 0 Å². The number of hydrogen-bond donors (Lipinski definition) is 0. The number of nitriles is 1. The van der Waals surface area contributed by atoms with E-state index < -0.39 is 11.8 Å². The maximum Gasteiger partial charge on any atom is 0.273 e. The number of ether oxygens (including phenoxy) is 2. The zero-order valence-corrected chi connectivity index (χ0v) is 35.9. The number of aryl methyl sites for hydroxylation is 2. The van der Waals surface area contributed by atoms with Gasteiger partial charge in [-0.25, -0.2) is 9.37 Å². The molecule has 1 aliphatic carbocycles. The first-order valence-corrected chi connectivity index (χ1v) is 22.3. The first-order chi connectivity index (χ1) is 30.2. The van der Waals surface area contributed by atoms with Crippen molar-refractivity contribution in [3.05, 3.63) is 135 Å². The van der Waals surface area contributed by atoms with Gasteiger partial charge in [0.1, 0.15) is 24.4 Å². The Morgan fingerprint density at radius 1 is 0.968 bits per heavy atom. The first kappa shape index (κ1) is 40.3. The molecule has 2 saturated heterocycles. The molecule has 1 spiro atoms. The summed E-state index contributed by atoms with van der Waals surface area (Å²) in [5.74, 6) is 0.411. The minimum Gasteiger partial charge on any atom is -0.476 e. The molecule has 1 unspecified atom stereocenters. The summed E-state index contributed by atoms with van der Waals surface area (Å²) in [7, 11) is 3.49. The Labute approximate surface area is 363 Å². The third-order valence-corrected chi connectivity index (χ3v) is 14.0. The summed E-state index contributed by atoms with van der Waals surface area (Å²) in [5.41, 5.74) is 9.28. The van der Waals surface area contributed by atoms with E-state index >= 15 is 0 Å². The molecule has 1 amide bonds. The van der Waals surface area contributed by atoms with Crippen LogP contribution >= 0.6 is 0 Å². The van der Waals surface area contributed by atoms with Gasteiger partial charge in [-0.2, -0.15) is 10.4 Å². The van der Waals surface area contributed by atoms with E-state index in [1.165, 1.54) is 11.1 Å². The fraction of sp³-hybridized carbons (Fsp3) is 0.440. The van der Waals surface area contributed by atoms with Crippen LogP contribution in [0.3, 0.4) is 0 Å². The lowest BCUT2D eigenvalue weighted by Gasteiger charge is -2.44. The number of carbonyl (C=O) groups is 1. The van der Waals surface area contributed by atoms with Gasteiger partial charge >= 0.3 is 0 Å². The zero-order chi connectivity index (χ0) is 42.4. The second-order valence-corrected chi connectivity index (χ2v) is 18.2. The number of hydrogen-bond acceptors (Lipinski definition) is 9. The fourth-order valence-corrected chi connectivity index (χ4v) is 11.0. The highest BCUT2D eigenvalue weighted by Gasteiger charge is 2.50. The average molecular weight is 835 g/mol. The molecule has 10 rings (SSSR count). The van der Waals surface area contributed by atoms with E-state index in [-0.39, 0.29) is 11.4 Å². The third kappa shape index (κ3) is 7.49. The number of amides is 1. The Balaban J connectivity index is 1.04. The minimum absolute atomic E-state index is 0.119. The summed E-state index contributed by atoms with van der Waals surface area (Å²) < 4.78 is 30.8. The number of benzene rings is 3. The Morgan fingerprint density at radius 2 is 1.74 bits per heavy atom. The molecule has 320 valence electrons. The van der Waals surface area contributed by atoms with Crippen LogP contribution < -0.4 is 14.5 Å². The van der Waals surface area contributed by atoms with Crippen molar-refractivity contribution in [1.29, 1.82) is 5.26 Å². The molecule has 0 saturated carbocycles. The minimum atomic E-state index is -0.851. The standard InChI is InChI=1S/C50H55FN8O3/c1-55(2)48(60)42-24-39-32-56(21-11-23-59(39)54-42)45-25-46(61-34-49-19-10-22-58(49)31-38(51)26-49)53-43-27-50(62-33-41(43)45)20-9-16-37-17-18-44(40(28-52)47(37)50)57(29-35-12-5-3-6-13-35)30-36-14-7-4-8-15-36/h3-8,12-15,17-18,24-25,38H,9-11,16,19-23,26-27,29-34H2,1-2H3/t38-,49+,50?/m1/s1. The summed E-state index contributed by atoms with van der Waals surface area (Å²) >= 11 is 0. The molecule has 0 bridgehead atoms. The molecule has 6 heterocycles. The van der Waals surface area contributed by atoms with Crippen molar-refractivity contribution in [3.63, 3.8) is 0 Å². The number of nitrogens with zero attached hydrogens (tertiary/aromatic N) is 8. The lowest BCUT2D eigenvalue weighted by atomic mass is 9.72. The molecule has 2 aromatic heterocycles. The van der Waals surface area contributed by atoms with E-state index in [1.807, 2.05) is 22.9 Å². The molecule has 11 nitrogen and oxygen atoms in total. The van der Waals surface area contributed by atoms with Crippen LogP contribution in [0.1, 0.15) is 93.8 Å². The predicted octanol–water partition coefficient (Wildman–Crippen LogP) is 7.73. The molecule has 0 N–H and O–H groups in total. The van der Waals surface area contributed by atoms with Gasteiger partial charge in [-0.3, -0.25) is 14.4 Å². The van der Waals surface area contributed by atoms with Gasteiger partial charge in [-0.05, 0) is 73.9 Å². The zero-order valence-electron chi connectivity index (χ0n) is 35.9. The molecule has 5 aromatic rings. The summed E-state index contributed by atoms with van der Waals surface area (Å²) in [6.07, 6.45) is 5.47. The number of halogens is 1. The Morgan fingerprint density at radius 3 is 2.48 bits per heavy atom. The first-order valence-electron chi connectivity index (χ1n) is 22.3. The lowest BCUT2D eigenvalue weighted by Crippen LogP contribution is -2.43. The number of alkyl halides is 1. The van der Waals surface area contributed by atoms with Crippen molar-refractivity contribution in [1.82, 2.24) is 24.6 Å². The molecule has 3 aromatic carbocycles. The van der Waals surface area contributed by atoms with Gasteiger partial charge in [0.25, 0.3) is 5.91 Å². The quantitative estimate of drug-likeness (QED) is 0.140. The Bertz CT molecular complexity index is 2460. The van der Waals surface area contributed by atoms with E-state index in [9.17, 15) is 14.4 Å². The van der Waals surface area contributed by atoms with E-state index in [4.69, 9.17) is 19.6 Å². The van der Waals surface area contributed by atoms with E-state index in [0.717, 1.165) is 91.1 Å². The predicted molar refractivity (Wildman–Crippen MR) is 236 cm³/mol. The van der Waals surface area contributed by atoms with Crippen LogP contribution in [0.2, 0.25) is 0 Å². The number of fused-ring (bicyclic) bond motifs is 5. The molecule has 5 aliphatic rings. The second kappa shape index (κ2) is 16.5. The van der Waals surface area contributed by atoms with Crippen molar-refractivity contribution >= 4 is 17.3 Å². The number of pyridine rings is 1. The molecule has 62 heavy (non-hydrogen) atoms. The van der Waals surface area contributed by atoms with Gasteiger partial charge in [0.05, 0.1) is 41.3 Å². The van der Waals surface area contributed by atoms with E-state index in [1.54, 1.807) is 19.0 Å². The van der Waals surface area contributed by atoms with Crippen LogP contribution in [0.15, 0.2) is 84.9 Å². The van der Waals surface area contributed by atoms with Gasteiger partial charge < -0.3 is 24.2 Å². The van der Waals surface area contributed by atoms with Crippen LogP contribution in [-0.4, -0.2) is 82.5 Å². The molecule has 0 radical (unpaired) electrons. The maximum atomic E-state index is 14.9. The largest absolute Gasteiger partial charge is 0.476 e. The average Bonchev–Trinajstić information content (AvgIpc) is 3.92. The summed E-state index contributed by atoms with van der Waals surface area (Å²) in [5, 5.41) is 15.9. The van der Waals surface area contributed by atoms with Gasteiger partial charge in [0, 0.05) is 82.5 Å². The van der Waals surface area contributed by atoms with Crippen molar-refractivity contribution in [2.45, 2.75) is 101 Å². The second-order valence-electron chi connectivity index (χ2n) is 18.2. The SMILES string of the molecule is CN(C)C(=O)c1cc2n(n1)CCCN(c1cc(OC[C@@]34CCCN3C[C@H](F)C4)nc3c1COC1(CCCc4ccc(N(Cc5ccccc5)Cc5ccccc5)c(C#N)c41)C3)C2. The molecule has 12 heteroatoms. The normalized spacial score (nSPS) is 22.9.